The molecule has 2 aromatic heterocycles. The van der Waals surface area contributed by atoms with E-state index in [1.54, 1.807) is 13.1 Å². The van der Waals surface area contributed by atoms with Crippen molar-refractivity contribution in [2.75, 3.05) is 13.2 Å². The predicted molar refractivity (Wildman–Crippen MR) is 129 cm³/mol. The van der Waals surface area contributed by atoms with Crippen molar-refractivity contribution in [1.82, 2.24) is 19.8 Å². The van der Waals surface area contributed by atoms with Crippen LogP contribution >= 0.6 is 23.8 Å². The monoisotopic (exact) mass is 468 g/mol. The topological polar surface area (TPSA) is 59.4 Å². The van der Waals surface area contributed by atoms with Crippen molar-refractivity contribution in [3.8, 4) is 5.69 Å². The highest BCUT2D eigenvalue weighted by molar-refractivity contribution is 7.80. The Morgan fingerprint density at radius 2 is 1.97 bits per heavy atom. The summed E-state index contributed by atoms with van der Waals surface area (Å²) in [4.78, 5) is 18.9. The molecule has 8 heteroatoms. The number of carbonyl (C=O) groups is 1. The summed E-state index contributed by atoms with van der Waals surface area (Å²) in [6, 6.07) is 15.3. The number of aromatic nitrogens is 2. The second-order valence-corrected chi connectivity index (χ2v) is 8.52. The number of hydrogen-bond acceptors (Lipinski definition) is 4. The molecule has 3 heterocycles. The van der Waals surface area contributed by atoms with Gasteiger partial charge in [0, 0.05) is 28.3 Å². The number of esters is 1. The molecule has 0 radical (unpaired) electrons. The number of hydrogen-bond donors (Lipinski definition) is 1. The summed E-state index contributed by atoms with van der Waals surface area (Å²) < 4.78 is 7.40. The lowest BCUT2D eigenvalue weighted by Crippen LogP contribution is -2.35. The fraction of sp³-hybridized carbons (Fsp3) is 0.292. The number of nitrogens with zero attached hydrogens (tertiary/aromatic N) is 3. The molecule has 0 bridgehead atoms. The summed E-state index contributed by atoms with van der Waals surface area (Å²) in [5, 5.41) is 4.58. The molecular formula is C24H25ClN4O2S. The van der Waals surface area contributed by atoms with E-state index in [9.17, 15) is 4.79 Å². The van der Waals surface area contributed by atoms with Crippen molar-refractivity contribution in [2.45, 2.75) is 32.9 Å². The predicted octanol–water partition coefficient (Wildman–Crippen LogP) is 4.68. The first kappa shape index (κ1) is 22.3. The molecule has 0 amide bonds. The summed E-state index contributed by atoms with van der Waals surface area (Å²) in [6.45, 7) is 6.34. The lowest BCUT2D eigenvalue weighted by Gasteiger charge is -2.27. The Morgan fingerprint density at radius 1 is 1.22 bits per heavy atom. The second-order valence-electron chi connectivity index (χ2n) is 7.70. The molecule has 1 aliphatic rings. The van der Waals surface area contributed by atoms with E-state index in [1.807, 2.05) is 47.4 Å². The van der Waals surface area contributed by atoms with Crippen LogP contribution in [-0.4, -0.2) is 38.7 Å². The highest BCUT2D eigenvalue weighted by Crippen LogP contribution is 2.41. The van der Waals surface area contributed by atoms with Gasteiger partial charge in [0.1, 0.15) is 6.54 Å². The van der Waals surface area contributed by atoms with Crippen molar-refractivity contribution in [1.29, 1.82) is 0 Å². The molecule has 1 N–H and O–H groups in total. The minimum absolute atomic E-state index is 0.0677. The van der Waals surface area contributed by atoms with E-state index in [0.717, 1.165) is 28.3 Å². The molecule has 1 fully saturated rings. The SMILES string of the molecule is CCOC(=O)CN1C(=S)N[C@@H](c2ccccn2)[C@H]1c1cc(C)n(-c2ccc(Cl)cc2)c1C. The Bertz CT molecular complexity index is 1130. The maximum atomic E-state index is 12.4. The zero-order chi connectivity index (χ0) is 22.8. The van der Waals surface area contributed by atoms with Crippen LogP contribution in [0.5, 0.6) is 0 Å². The average Bonchev–Trinajstić information content (AvgIpc) is 3.25. The summed E-state index contributed by atoms with van der Waals surface area (Å²) in [5.74, 6) is -0.310. The van der Waals surface area contributed by atoms with Gasteiger partial charge in [-0.1, -0.05) is 17.7 Å². The van der Waals surface area contributed by atoms with Gasteiger partial charge in [0.05, 0.1) is 24.4 Å². The summed E-state index contributed by atoms with van der Waals surface area (Å²) in [6.07, 6.45) is 1.77. The van der Waals surface area contributed by atoms with Crippen molar-refractivity contribution in [3.63, 3.8) is 0 Å². The number of rotatable bonds is 6. The number of benzene rings is 1. The van der Waals surface area contributed by atoms with Crippen molar-refractivity contribution in [3.05, 3.63) is 82.4 Å². The molecule has 1 aromatic carbocycles. The smallest absolute Gasteiger partial charge is 0.325 e. The Hall–Kier alpha value is -2.90. The summed E-state index contributed by atoms with van der Waals surface area (Å²) >= 11 is 11.7. The highest BCUT2D eigenvalue weighted by atomic mass is 35.5. The van der Waals surface area contributed by atoms with Gasteiger partial charge < -0.3 is 19.5 Å². The molecule has 6 nitrogen and oxygen atoms in total. The molecule has 166 valence electrons. The van der Waals surface area contributed by atoms with Crippen molar-refractivity contribution in [2.24, 2.45) is 0 Å². The van der Waals surface area contributed by atoms with Gasteiger partial charge in [-0.15, -0.1) is 0 Å². The lowest BCUT2D eigenvalue weighted by molar-refractivity contribution is -0.143. The van der Waals surface area contributed by atoms with Gasteiger partial charge in [-0.3, -0.25) is 9.78 Å². The van der Waals surface area contributed by atoms with E-state index < -0.39 is 0 Å². The number of ether oxygens (including phenoxy) is 1. The third-order valence-corrected chi connectivity index (χ3v) is 6.28. The van der Waals surface area contributed by atoms with Crippen LogP contribution < -0.4 is 5.32 Å². The van der Waals surface area contributed by atoms with Crippen LogP contribution in [-0.2, 0) is 9.53 Å². The molecule has 0 saturated carbocycles. The van der Waals surface area contributed by atoms with E-state index >= 15 is 0 Å². The Labute approximate surface area is 198 Å². The lowest BCUT2D eigenvalue weighted by atomic mass is 9.97. The maximum absolute atomic E-state index is 12.4. The van der Waals surface area contributed by atoms with Crippen molar-refractivity contribution >= 4 is 34.9 Å². The molecule has 1 saturated heterocycles. The van der Waals surface area contributed by atoms with Crippen LogP contribution in [0.1, 0.15) is 41.7 Å². The number of carbonyl (C=O) groups excluding carboxylic acids is 1. The van der Waals surface area contributed by atoms with Crippen LogP contribution in [0.4, 0.5) is 0 Å². The fourth-order valence-electron chi connectivity index (χ4n) is 4.33. The zero-order valence-electron chi connectivity index (χ0n) is 18.2. The number of nitrogens with one attached hydrogen (secondary N) is 1. The zero-order valence-corrected chi connectivity index (χ0v) is 19.8. The van der Waals surface area contributed by atoms with Crippen LogP contribution in [0.3, 0.4) is 0 Å². The quantitative estimate of drug-likeness (QED) is 0.418. The van der Waals surface area contributed by atoms with E-state index in [2.05, 4.69) is 34.8 Å². The number of thiocarbonyl (C=S) groups is 1. The first-order valence-corrected chi connectivity index (χ1v) is 11.3. The Balaban J connectivity index is 1.80. The molecule has 1 aliphatic heterocycles. The standard InChI is InChI=1S/C24H25ClN4O2S/c1-4-31-21(30)14-28-23(22(27-24(28)32)20-7-5-6-12-26-20)19-13-15(2)29(16(19)3)18-10-8-17(25)9-11-18/h5-13,22-23H,4,14H2,1-3H3,(H,27,32)/t22-,23+/m0/s1. The van der Waals surface area contributed by atoms with Gasteiger partial charge in [-0.25, -0.2) is 0 Å². The normalized spacial score (nSPS) is 18.0. The largest absolute Gasteiger partial charge is 0.465 e. The van der Waals surface area contributed by atoms with Gasteiger partial charge in [0.2, 0.25) is 0 Å². The van der Waals surface area contributed by atoms with Gasteiger partial charge in [-0.2, -0.15) is 0 Å². The minimum atomic E-state index is -0.310. The molecule has 0 spiro atoms. The number of pyridine rings is 1. The molecule has 32 heavy (non-hydrogen) atoms. The average molecular weight is 469 g/mol. The van der Waals surface area contributed by atoms with Crippen LogP contribution in [0.2, 0.25) is 5.02 Å². The molecule has 0 unspecified atom stereocenters. The third kappa shape index (κ3) is 4.23. The Morgan fingerprint density at radius 3 is 2.62 bits per heavy atom. The summed E-state index contributed by atoms with van der Waals surface area (Å²) in [5.41, 5.74) is 5.10. The van der Waals surface area contributed by atoms with Gasteiger partial charge in [0.25, 0.3) is 0 Å². The molecule has 2 atom stereocenters. The van der Waals surface area contributed by atoms with Crippen LogP contribution in [0, 0.1) is 13.8 Å². The van der Waals surface area contributed by atoms with Crippen LogP contribution in [0.25, 0.3) is 5.69 Å². The maximum Gasteiger partial charge on any atom is 0.325 e. The van der Waals surface area contributed by atoms with Gasteiger partial charge >= 0.3 is 5.97 Å². The molecule has 0 aliphatic carbocycles. The van der Waals surface area contributed by atoms with Crippen LogP contribution in [0.15, 0.2) is 54.7 Å². The van der Waals surface area contributed by atoms with Gasteiger partial charge in [-0.05, 0) is 81.0 Å². The number of aryl methyl sites for hydroxylation is 1. The second kappa shape index (κ2) is 9.30. The van der Waals surface area contributed by atoms with Crippen molar-refractivity contribution < 1.29 is 9.53 Å². The fourth-order valence-corrected chi connectivity index (χ4v) is 4.77. The minimum Gasteiger partial charge on any atom is -0.465 e. The highest BCUT2D eigenvalue weighted by Gasteiger charge is 2.42. The number of halogens is 1. The molecule has 3 aromatic rings. The van der Waals surface area contributed by atoms with E-state index in [-0.39, 0.29) is 24.6 Å². The third-order valence-electron chi connectivity index (χ3n) is 5.68. The van der Waals surface area contributed by atoms with E-state index in [1.165, 1.54) is 0 Å². The first-order valence-electron chi connectivity index (χ1n) is 10.5. The van der Waals surface area contributed by atoms with E-state index in [4.69, 9.17) is 28.6 Å². The molecular weight excluding hydrogens is 444 g/mol. The Kier molecular flexibility index (Phi) is 6.48. The summed E-state index contributed by atoms with van der Waals surface area (Å²) in [7, 11) is 0. The first-order chi connectivity index (χ1) is 15.4. The molecule has 4 rings (SSSR count). The van der Waals surface area contributed by atoms with Gasteiger partial charge in [0.15, 0.2) is 5.11 Å². The van der Waals surface area contributed by atoms with E-state index in [0.29, 0.717) is 16.7 Å².